The Morgan fingerprint density at radius 2 is 1.25 bits per heavy atom. The summed E-state index contributed by atoms with van der Waals surface area (Å²) < 4.78 is 28.8. The van der Waals surface area contributed by atoms with Crippen LogP contribution in [0.4, 0.5) is 0 Å². The molecule has 0 bridgehead atoms. The third-order valence-corrected chi connectivity index (χ3v) is 5.09. The molecule has 0 heterocycles. The molecule has 0 saturated carbocycles. The van der Waals surface area contributed by atoms with Crippen LogP contribution in [0.2, 0.25) is 0 Å². The van der Waals surface area contributed by atoms with Crippen LogP contribution in [0.5, 0.6) is 0 Å². The second-order valence-corrected chi connectivity index (χ2v) is 8.78. The summed E-state index contributed by atoms with van der Waals surface area (Å²) in [7, 11) is -3.57. The minimum atomic E-state index is -3.57. The van der Waals surface area contributed by atoms with Crippen LogP contribution in [0, 0.1) is 12.8 Å². The third kappa shape index (κ3) is 21.8. The molecule has 0 amide bonds. The van der Waals surface area contributed by atoms with Crippen molar-refractivity contribution >= 4 is 39.7 Å². The largest absolute Gasteiger partial charge is 1.00 e. The van der Waals surface area contributed by atoms with Gasteiger partial charge in [-0.1, -0.05) is 96.8 Å². The first-order valence-corrected chi connectivity index (χ1v) is 11.6. The van der Waals surface area contributed by atoms with Crippen LogP contribution in [0.3, 0.4) is 0 Å². The standard InChI is InChI=1S/C18H30O3S.C4H9.2Na/c1-2-3-4-5-6-7-8-9-10-14-17-21-22(19,20)18-15-12-11-13-16-18;1-4(2)3;;/h11-13,15-16H,2-10,14,17H2,1H3;4H,1H2,2-3H3;;/q;-1;;+1. The van der Waals surface area contributed by atoms with E-state index in [0.717, 1.165) is 12.8 Å². The molecular weight excluding hydrogens is 390 g/mol. The Bertz CT molecular complexity index is 517. The van der Waals surface area contributed by atoms with E-state index in [0.29, 0.717) is 5.92 Å². The molecule has 1 radical (unpaired) electrons. The summed E-state index contributed by atoms with van der Waals surface area (Å²) in [5.41, 5.74) is 0. The molecule has 0 aliphatic rings. The molecule has 1 aromatic carbocycles. The molecule has 0 aliphatic heterocycles. The van der Waals surface area contributed by atoms with Gasteiger partial charge in [0.1, 0.15) is 0 Å². The van der Waals surface area contributed by atoms with Gasteiger partial charge in [0.15, 0.2) is 0 Å². The molecule has 0 unspecified atom stereocenters. The van der Waals surface area contributed by atoms with Gasteiger partial charge >= 0.3 is 29.6 Å². The quantitative estimate of drug-likeness (QED) is 0.209. The smallest absolute Gasteiger partial charge is 0.341 e. The van der Waals surface area contributed by atoms with Gasteiger partial charge in [0.05, 0.1) is 11.5 Å². The van der Waals surface area contributed by atoms with Crippen molar-refractivity contribution in [1.82, 2.24) is 0 Å². The van der Waals surface area contributed by atoms with Crippen molar-refractivity contribution in [3.05, 3.63) is 37.3 Å². The van der Waals surface area contributed by atoms with Gasteiger partial charge < -0.3 is 6.92 Å². The Balaban J connectivity index is -0.000000948. The van der Waals surface area contributed by atoms with Crippen molar-refractivity contribution < 1.29 is 42.2 Å². The van der Waals surface area contributed by atoms with Gasteiger partial charge in [-0.05, 0) is 18.6 Å². The normalized spacial score (nSPS) is 10.5. The molecule has 0 spiro atoms. The first-order chi connectivity index (χ1) is 12.4. The predicted octanol–water partition coefficient (Wildman–Crippen LogP) is 3.41. The van der Waals surface area contributed by atoms with E-state index in [2.05, 4.69) is 27.7 Å². The number of hydrogen-bond acceptors (Lipinski definition) is 3. The fraction of sp³-hybridized carbons (Fsp3) is 0.682. The Morgan fingerprint density at radius 1 is 0.857 bits per heavy atom. The van der Waals surface area contributed by atoms with E-state index in [1.54, 1.807) is 30.3 Å². The van der Waals surface area contributed by atoms with Crippen LogP contribution >= 0.6 is 0 Å². The second-order valence-electron chi connectivity index (χ2n) is 7.16. The topological polar surface area (TPSA) is 43.4 Å². The van der Waals surface area contributed by atoms with Crippen molar-refractivity contribution in [2.24, 2.45) is 5.92 Å². The van der Waals surface area contributed by atoms with E-state index in [4.69, 9.17) is 4.18 Å². The maximum atomic E-state index is 11.9. The van der Waals surface area contributed by atoms with Crippen LogP contribution < -0.4 is 29.6 Å². The van der Waals surface area contributed by atoms with Crippen LogP contribution in [0.1, 0.15) is 85.0 Å². The van der Waals surface area contributed by atoms with E-state index in [-0.39, 0.29) is 70.6 Å². The van der Waals surface area contributed by atoms with Crippen molar-refractivity contribution in [3.63, 3.8) is 0 Å². The summed E-state index contributed by atoms with van der Waals surface area (Å²) in [6.45, 7) is 10.3. The van der Waals surface area contributed by atoms with Gasteiger partial charge in [0.2, 0.25) is 0 Å². The number of benzene rings is 1. The molecule has 1 rings (SSSR count). The number of hydrogen-bond donors (Lipinski definition) is 0. The Labute approximate surface area is 219 Å². The van der Waals surface area contributed by atoms with Gasteiger partial charge in [0.25, 0.3) is 10.1 Å². The maximum Gasteiger partial charge on any atom is 1.00 e. The molecule has 6 heteroatoms. The van der Waals surface area contributed by atoms with Gasteiger partial charge in [-0.3, -0.25) is 4.18 Å². The molecule has 28 heavy (non-hydrogen) atoms. The first kappa shape index (κ1) is 33.8. The van der Waals surface area contributed by atoms with Crippen LogP contribution in [-0.4, -0.2) is 44.6 Å². The number of rotatable bonds is 13. The Hall–Kier alpha value is 1.13. The van der Waals surface area contributed by atoms with Crippen LogP contribution in [-0.2, 0) is 14.3 Å². The van der Waals surface area contributed by atoms with Crippen molar-refractivity contribution in [2.45, 2.75) is 89.9 Å². The molecule has 1 aromatic rings. The molecule has 0 N–H and O–H groups in total. The predicted molar refractivity (Wildman–Crippen MR) is 117 cm³/mol. The number of unbranched alkanes of at least 4 members (excludes halogenated alkanes) is 9. The summed E-state index contributed by atoms with van der Waals surface area (Å²) in [5.74, 6) is 0.583. The fourth-order valence-corrected chi connectivity index (χ4v) is 3.38. The van der Waals surface area contributed by atoms with E-state index in [1.165, 1.54) is 51.4 Å². The van der Waals surface area contributed by atoms with E-state index in [1.807, 2.05) is 0 Å². The summed E-state index contributed by atoms with van der Waals surface area (Å²) in [4.78, 5) is 0.238. The van der Waals surface area contributed by atoms with Crippen molar-refractivity contribution in [2.75, 3.05) is 6.61 Å². The van der Waals surface area contributed by atoms with Crippen molar-refractivity contribution in [3.8, 4) is 0 Å². The summed E-state index contributed by atoms with van der Waals surface area (Å²) >= 11 is 0. The molecule has 0 aromatic heterocycles. The van der Waals surface area contributed by atoms with Gasteiger partial charge in [-0.25, -0.2) is 0 Å². The first-order valence-electron chi connectivity index (χ1n) is 10.2. The van der Waals surface area contributed by atoms with Gasteiger partial charge in [0, 0.05) is 29.6 Å². The summed E-state index contributed by atoms with van der Waals surface area (Å²) in [6.07, 6.45) is 12.3. The monoisotopic (exact) mass is 429 g/mol. The zero-order valence-electron chi connectivity index (χ0n) is 19.1. The molecule has 0 aliphatic carbocycles. The second kappa shape index (κ2) is 22.8. The average Bonchev–Trinajstić information content (AvgIpc) is 2.60. The SMILES string of the molecule is CCCCCCCCCCCCOS(=O)(=O)c1ccccc1.[CH2-]C(C)C.[Na+].[Na]. The molecule has 0 saturated heterocycles. The summed E-state index contributed by atoms with van der Waals surface area (Å²) in [6, 6.07) is 8.33. The molecular formula is C22H39Na2O3S. The minimum absolute atomic E-state index is 0. The molecule has 0 atom stereocenters. The fourth-order valence-electron chi connectivity index (χ4n) is 2.41. The van der Waals surface area contributed by atoms with Gasteiger partial charge in [-0.15, -0.1) is 0 Å². The minimum Gasteiger partial charge on any atom is -0.341 e. The van der Waals surface area contributed by atoms with Gasteiger partial charge in [-0.2, -0.15) is 14.3 Å². The third-order valence-electron chi connectivity index (χ3n) is 3.77. The molecule has 153 valence electrons. The zero-order chi connectivity index (χ0) is 19.7. The Morgan fingerprint density at radius 3 is 1.68 bits per heavy atom. The molecule has 3 nitrogen and oxygen atoms in total. The van der Waals surface area contributed by atoms with E-state index >= 15 is 0 Å². The molecule has 0 fully saturated rings. The van der Waals surface area contributed by atoms with Crippen LogP contribution in [0.25, 0.3) is 0 Å². The maximum absolute atomic E-state index is 11.9. The average molecular weight is 430 g/mol. The van der Waals surface area contributed by atoms with E-state index < -0.39 is 10.1 Å². The summed E-state index contributed by atoms with van der Waals surface area (Å²) in [5, 5.41) is 0. The van der Waals surface area contributed by atoms with E-state index in [9.17, 15) is 8.42 Å². The Kier molecular flexibility index (Phi) is 27.5. The van der Waals surface area contributed by atoms with Crippen molar-refractivity contribution in [1.29, 1.82) is 0 Å². The van der Waals surface area contributed by atoms with Crippen LogP contribution in [0.15, 0.2) is 35.2 Å². The zero-order valence-corrected chi connectivity index (χ0v) is 23.9.